The van der Waals surface area contributed by atoms with Crippen molar-refractivity contribution in [2.24, 2.45) is 0 Å². The molecule has 0 aromatic heterocycles. The zero-order chi connectivity index (χ0) is 19.4. The van der Waals surface area contributed by atoms with E-state index in [0.29, 0.717) is 32.7 Å². The molecule has 148 valence electrons. The second-order valence-corrected chi connectivity index (χ2v) is 7.04. The molecule has 1 aromatic carbocycles. The number of imide groups is 1. The Balaban J connectivity index is 1.57. The van der Waals surface area contributed by atoms with Crippen molar-refractivity contribution in [2.45, 2.75) is 31.9 Å². The number of hydrogen-bond acceptors (Lipinski definition) is 4. The van der Waals surface area contributed by atoms with Gasteiger partial charge in [0.25, 0.3) is 5.91 Å². The molecule has 1 atom stereocenters. The molecular formula is C18H24F2N3O4+. The van der Waals surface area contributed by atoms with Gasteiger partial charge in [-0.1, -0.05) is 12.1 Å². The minimum absolute atomic E-state index is 0.0878. The number of rotatable bonds is 7. The number of amides is 3. The lowest BCUT2D eigenvalue weighted by molar-refractivity contribution is -0.915. The van der Waals surface area contributed by atoms with Gasteiger partial charge in [0, 0.05) is 0 Å². The maximum atomic E-state index is 12.8. The van der Waals surface area contributed by atoms with E-state index in [0.717, 1.165) is 23.6 Å². The molecule has 2 N–H and O–H groups in total. The number of carbonyl (C=O) groups excluding carboxylic acids is 2. The van der Waals surface area contributed by atoms with Gasteiger partial charge in [-0.15, -0.1) is 0 Å². The Bertz CT molecular complexity index is 680. The number of quaternary nitrogens is 1. The van der Waals surface area contributed by atoms with Crippen LogP contribution in [0.15, 0.2) is 24.3 Å². The molecule has 1 aromatic rings. The fraction of sp³-hybridized carbons (Fsp3) is 0.556. The number of nitrogens with one attached hydrogen (secondary N) is 2. The normalized spacial score (nSPS) is 23.8. The van der Waals surface area contributed by atoms with Crippen LogP contribution in [-0.4, -0.2) is 62.0 Å². The predicted molar refractivity (Wildman–Crippen MR) is 91.6 cm³/mol. The molecular weight excluding hydrogens is 360 g/mol. The first-order valence-corrected chi connectivity index (χ1v) is 8.96. The van der Waals surface area contributed by atoms with E-state index in [1.165, 1.54) is 17.0 Å². The number of aryl methyl sites for hydroxylation is 1. The van der Waals surface area contributed by atoms with E-state index in [9.17, 15) is 18.4 Å². The van der Waals surface area contributed by atoms with Crippen molar-refractivity contribution in [3.63, 3.8) is 0 Å². The highest BCUT2D eigenvalue weighted by Crippen LogP contribution is 2.23. The van der Waals surface area contributed by atoms with Gasteiger partial charge in [0.05, 0.1) is 13.2 Å². The van der Waals surface area contributed by atoms with Crippen LogP contribution in [0.5, 0.6) is 5.75 Å². The third-order valence-electron chi connectivity index (χ3n) is 4.99. The van der Waals surface area contributed by atoms with Crippen molar-refractivity contribution >= 4 is 11.9 Å². The molecule has 0 unspecified atom stereocenters. The van der Waals surface area contributed by atoms with Crippen LogP contribution in [0.1, 0.15) is 18.9 Å². The van der Waals surface area contributed by atoms with E-state index >= 15 is 0 Å². The predicted octanol–water partition coefficient (Wildman–Crippen LogP) is 0.404. The van der Waals surface area contributed by atoms with Crippen LogP contribution < -0.4 is 15.0 Å². The first-order chi connectivity index (χ1) is 12.9. The van der Waals surface area contributed by atoms with Gasteiger partial charge in [-0.2, -0.15) is 8.78 Å². The highest BCUT2D eigenvalue weighted by Gasteiger charge is 2.48. The molecule has 2 heterocycles. The van der Waals surface area contributed by atoms with Crippen LogP contribution in [0.4, 0.5) is 13.6 Å². The van der Waals surface area contributed by atoms with E-state index in [2.05, 4.69) is 10.1 Å². The van der Waals surface area contributed by atoms with E-state index in [1.807, 2.05) is 0 Å². The van der Waals surface area contributed by atoms with Crippen LogP contribution in [0.2, 0.25) is 0 Å². The molecule has 2 aliphatic heterocycles. The number of carbonyl (C=O) groups is 2. The highest BCUT2D eigenvalue weighted by atomic mass is 19.3. The van der Waals surface area contributed by atoms with Crippen LogP contribution in [0.3, 0.4) is 0 Å². The van der Waals surface area contributed by atoms with Gasteiger partial charge in [0.15, 0.2) is 6.67 Å². The van der Waals surface area contributed by atoms with Gasteiger partial charge in [-0.25, -0.2) is 9.69 Å². The third kappa shape index (κ3) is 4.72. The van der Waals surface area contributed by atoms with Crippen LogP contribution in [-0.2, 0) is 16.0 Å². The van der Waals surface area contributed by atoms with Gasteiger partial charge >= 0.3 is 12.6 Å². The summed E-state index contributed by atoms with van der Waals surface area (Å²) in [4.78, 5) is 27.5. The monoisotopic (exact) mass is 384 g/mol. The smallest absolute Gasteiger partial charge is 0.387 e. The number of ether oxygens (including phenoxy) is 2. The van der Waals surface area contributed by atoms with Gasteiger partial charge in [0.1, 0.15) is 24.4 Å². The summed E-state index contributed by atoms with van der Waals surface area (Å²) < 4.78 is 34.0. The fourth-order valence-electron chi connectivity index (χ4n) is 3.33. The lowest BCUT2D eigenvalue weighted by Gasteiger charge is -2.27. The molecule has 2 aliphatic rings. The average molecular weight is 384 g/mol. The number of hydrogen-bond donors (Lipinski definition) is 2. The molecule has 7 nitrogen and oxygen atoms in total. The van der Waals surface area contributed by atoms with Crippen molar-refractivity contribution in [1.29, 1.82) is 0 Å². The molecule has 27 heavy (non-hydrogen) atoms. The highest BCUT2D eigenvalue weighted by molar-refractivity contribution is 6.06. The summed E-state index contributed by atoms with van der Waals surface area (Å²) in [5, 5.41) is 2.80. The van der Waals surface area contributed by atoms with Gasteiger partial charge in [0.2, 0.25) is 0 Å². The van der Waals surface area contributed by atoms with E-state index < -0.39 is 12.2 Å². The molecule has 2 fully saturated rings. The zero-order valence-corrected chi connectivity index (χ0v) is 15.2. The summed E-state index contributed by atoms with van der Waals surface area (Å²) in [7, 11) is 0. The number of nitrogens with zero attached hydrogens (tertiary/aromatic N) is 1. The third-order valence-corrected chi connectivity index (χ3v) is 4.99. The minimum atomic E-state index is -2.86. The largest absolute Gasteiger partial charge is 0.435 e. The van der Waals surface area contributed by atoms with E-state index in [1.54, 1.807) is 19.1 Å². The van der Waals surface area contributed by atoms with E-state index in [-0.39, 0.29) is 17.7 Å². The maximum Gasteiger partial charge on any atom is 0.387 e. The molecule has 0 bridgehead atoms. The summed E-state index contributed by atoms with van der Waals surface area (Å²) in [5.74, 6) is -0.144. The van der Waals surface area contributed by atoms with Crippen LogP contribution >= 0.6 is 0 Å². The van der Waals surface area contributed by atoms with Crippen LogP contribution in [0.25, 0.3) is 0 Å². The standard InChI is InChI=1S/C18H23F2N3O4/c1-18(7-6-13-2-4-14(5-3-13)27-16(19)20)15(24)23(17(25)21-18)12-22-8-10-26-11-9-22/h2-5,16H,6-12H2,1H3,(H,21,25)/p+1/t18-/m1/s1. The van der Waals surface area contributed by atoms with E-state index in [4.69, 9.17) is 4.74 Å². The Morgan fingerprint density at radius 2 is 1.93 bits per heavy atom. The van der Waals surface area contributed by atoms with Crippen molar-refractivity contribution in [3.05, 3.63) is 29.8 Å². The van der Waals surface area contributed by atoms with Crippen molar-refractivity contribution < 1.29 is 32.7 Å². The van der Waals surface area contributed by atoms with Crippen LogP contribution in [0, 0.1) is 0 Å². The van der Waals surface area contributed by atoms with Gasteiger partial charge in [-0.05, 0) is 37.5 Å². The Morgan fingerprint density at radius 3 is 2.56 bits per heavy atom. The number of benzene rings is 1. The van der Waals surface area contributed by atoms with Gasteiger partial charge in [-0.3, -0.25) is 4.79 Å². The first kappa shape index (κ1) is 19.5. The van der Waals surface area contributed by atoms with Gasteiger partial charge < -0.3 is 19.7 Å². The number of halogens is 2. The minimum Gasteiger partial charge on any atom is -0.435 e. The number of urea groups is 1. The Labute approximate surface area is 156 Å². The summed E-state index contributed by atoms with van der Waals surface area (Å²) in [6.07, 6.45) is 0.942. The van der Waals surface area contributed by atoms with Crippen molar-refractivity contribution in [1.82, 2.24) is 10.2 Å². The molecule has 0 spiro atoms. The number of morpholine rings is 1. The quantitative estimate of drug-likeness (QED) is 0.668. The first-order valence-electron chi connectivity index (χ1n) is 8.96. The lowest BCUT2D eigenvalue weighted by atomic mass is 9.93. The second-order valence-electron chi connectivity index (χ2n) is 7.04. The molecule has 3 rings (SSSR count). The summed E-state index contributed by atoms with van der Waals surface area (Å²) in [5.41, 5.74) is -0.0989. The number of alkyl halides is 2. The molecule has 0 saturated carbocycles. The summed E-state index contributed by atoms with van der Waals surface area (Å²) in [6, 6.07) is 5.91. The topological polar surface area (TPSA) is 72.3 Å². The Morgan fingerprint density at radius 1 is 1.26 bits per heavy atom. The van der Waals surface area contributed by atoms with Crippen molar-refractivity contribution in [3.8, 4) is 5.75 Å². The second kappa shape index (κ2) is 8.18. The molecule has 3 amide bonds. The lowest BCUT2D eigenvalue weighted by Crippen LogP contribution is -3.15. The zero-order valence-electron chi connectivity index (χ0n) is 15.2. The summed E-state index contributed by atoms with van der Waals surface area (Å²) >= 11 is 0. The van der Waals surface area contributed by atoms with Crippen molar-refractivity contribution in [2.75, 3.05) is 33.0 Å². The molecule has 0 aliphatic carbocycles. The Hall–Kier alpha value is -2.26. The molecule has 0 radical (unpaired) electrons. The Kier molecular flexibility index (Phi) is 5.91. The maximum absolute atomic E-state index is 12.8. The molecule has 9 heteroatoms. The SMILES string of the molecule is C[C@]1(CCc2ccc(OC(F)F)cc2)NC(=O)N(C[NH+]2CCOCC2)C1=O. The summed E-state index contributed by atoms with van der Waals surface area (Å²) in [6.45, 7) is 1.98. The molecule has 2 saturated heterocycles. The fourth-order valence-corrected chi connectivity index (χ4v) is 3.33. The average Bonchev–Trinajstić information content (AvgIpc) is 2.85.